The number of rotatable bonds is 4. The Morgan fingerprint density at radius 2 is 2.36 bits per heavy atom. The topological polar surface area (TPSA) is 46.5 Å². The summed E-state index contributed by atoms with van der Waals surface area (Å²) in [5.74, 6) is 0.130. The molecule has 0 radical (unpaired) electrons. The number of unbranched alkanes of at least 4 members (excludes halogenated alkanes) is 1. The average Bonchev–Trinajstić information content (AvgIpc) is 1.86. The molecule has 64 valence electrons. The Morgan fingerprint density at radius 3 is 2.82 bits per heavy atom. The van der Waals surface area contributed by atoms with Crippen molar-refractivity contribution in [1.29, 1.82) is 0 Å². The third kappa shape index (κ3) is 7.25. The molecule has 0 spiro atoms. The summed E-state index contributed by atoms with van der Waals surface area (Å²) in [5, 5.41) is 0. The number of nitrogens with zero attached hydrogens (tertiary/aromatic N) is 1. The minimum atomic E-state index is -1.65. The third-order valence-corrected chi connectivity index (χ3v) is 2.21. The van der Waals surface area contributed by atoms with Crippen molar-refractivity contribution in [3.8, 4) is 0 Å². The minimum absolute atomic E-state index is 0.357. The maximum atomic E-state index is 10.9. The Hall–Kier alpha value is -0.640. The van der Waals surface area contributed by atoms with Gasteiger partial charge in [-0.05, 0) is 12.8 Å². The van der Waals surface area contributed by atoms with Gasteiger partial charge >= 0.3 is 0 Å². The van der Waals surface area contributed by atoms with E-state index in [4.69, 9.17) is 0 Å². The van der Waals surface area contributed by atoms with Gasteiger partial charge in [-0.25, -0.2) is 0 Å². The number of hydrogen-bond acceptors (Lipinski definition) is 2. The Balaban J connectivity index is 3.69. The minimum Gasteiger partial charge on any atom is -0.272 e. The van der Waals surface area contributed by atoms with E-state index in [2.05, 4.69) is 10.9 Å². The third-order valence-electron chi connectivity index (χ3n) is 1.01. The zero-order valence-electron chi connectivity index (χ0n) is 6.62. The number of carbonyl (C=O) groups excluding carboxylic acids is 1. The standard InChI is InChI=1S/C7H13NO2S/c1-3-4-5-6-11(10)8-7(2)9/h3,11H,1,4-6H2,2H3. The SMILES string of the molecule is C=CCCC/[SH](=O)=N/C(C)=O. The lowest BCUT2D eigenvalue weighted by atomic mass is 10.3. The van der Waals surface area contributed by atoms with Gasteiger partial charge < -0.3 is 0 Å². The lowest BCUT2D eigenvalue weighted by Crippen LogP contribution is -1.90. The van der Waals surface area contributed by atoms with Gasteiger partial charge in [0.1, 0.15) is 0 Å². The van der Waals surface area contributed by atoms with Crippen LogP contribution in [-0.2, 0) is 15.4 Å². The average molecular weight is 175 g/mol. The van der Waals surface area contributed by atoms with Crippen molar-refractivity contribution in [2.75, 3.05) is 5.75 Å². The molecule has 11 heavy (non-hydrogen) atoms. The van der Waals surface area contributed by atoms with Crippen LogP contribution in [0.4, 0.5) is 0 Å². The van der Waals surface area contributed by atoms with Crippen LogP contribution < -0.4 is 0 Å². The van der Waals surface area contributed by atoms with Gasteiger partial charge in [0, 0.05) is 23.3 Å². The fourth-order valence-corrected chi connectivity index (χ4v) is 1.45. The van der Waals surface area contributed by atoms with Crippen LogP contribution in [0.25, 0.3) is 0 Å². The highest BCUT2D eigenvalue weighted by atomic mass is 32.2. The van der Waals surface area contributed by atoms with E-state index in [1.165, 1.54) is 6.92 Å². The number of thiol groups is 1. The van der Waals surface area contributed by atoms with Gasteiger partial charge in [0.05, 0.1) is 0 Å². The number of carbonyl (C=O) groups is 1. The molecular weight excluding hydrogens is 162 g/mol. The first-order valence-corrected chi connectivity index (χ1v) is 4.84. The fraction of sp³-hybridized carbons (Fsp3) is 0.571. The first-order chi connectivity index (χ1) is 5.16. The first-order valence-electron chi connectivity index (χ1n) is 3.44. The predicted molar refractivity (Wildman–Crippen MR) is 46.9 cm³/mol. The first kappa shape index (κ1) is 10.4. The van der Waals surface area contributed by atoms with Crippen molar-refractivity contribution in [1.82, 2.24) is 0 Å². The smallest absolute Gasteiger partial charge is 0.250 e. The van der Waals surface area contributed by atoms with Gasteiger partial charge in [0.2, 0.25) is 5.91 Å². The maximum Gasteiger partial charge on any atom is 0.250 e. The summed E-state index contributed by atoms with van der Waals surface area (Å²) in [5.41, 5.74) is 0. The molecule has 0 aliphatic carbocycles. The van der Waals surface area contributed by atoms with E-state index >= 15 is 0 Å². The fourth-order valence-electron chi connectivity index (χ4n) is 0.578. The second-order valence-corrected chi connectivity index (χ2v) is 3.48. The van der Waals surface area contributed by atoms with E-state index in [0.29, 0.717) is 5.75 Å². The Kier molecular flexibility index (Phi) is 5.74. The second kappa shape index (κ2) is 6.09. The molecule has 0 N–H and O–H groups in total. The zero-order valence-corrected chi connectivity index (χ0v) is 7.51. The van der Waals surface area contributed by atoms with Crippen molar-refractivity contribution in [3.63, 3.8) is 0 Å². The normalized spacial score (nSPS) is 12.8. The molecule has 0 aromatic carbocycles. The molecule has 0 fully saturated rings. The van der Waals surface area contributed by atoms with Crippen LogP contribution in [0.1, 0.15) is 19.8 Å². The summed E-state index contributed by atoms with van der Waals surface area (Å²) < 4.78 is 14.2. The lowest BCUT2D eigenvalue weighted by Gasteiger charge is -1.88. The van der Waals surface area contributed by atoms with E-state index in [0.717, 1.165) is 12.8 Å². The summed E-state index contributed by atoms with van der Waals surface area (Å²) in [6.45, 7) is 4.83. The largest absolute Gasteiger partial charge is 0.272 e. The van der Waals surface area contributed by atoms with Crippen LogP contribution in [-0.4, -0.2) is 15.9 Å². The highest BCUT2D eigenvalue weighted by Gasteiger charge is 1.88. The van der Waals surface area contributed by atoms with Crippen LogP contribution in [0, 0.1) is 0 Å². The molecule has 4 heteroatoms. The van der Waals surface area contributed by atoms with E-state index in [-0.39, 0.29) is 5.91 Å². The molecule has 1 amide bonds. The lowest BCUT2D eigenvalue weighted by molar-refractivity contribution is -0.115. The van der Waals surface area contributed by atoms with E-state index in [1.54, 1.807) is 6.08 Å². The van der Waals surface area contributed by atoms with Crippen molar-refractivity contribution >= 4 is 16.5 Å². The molecule has 0 saturated carbocycles. The molecule has 0 aliphatic heterocycles. The van der Waals surface area contributed by atoms with Gasteiger partial charge in [-0.1, -0.05) is 6.08 Å². The quantitative estimate of drug-likeness (QED) is 0.396. The molecule has 3 nitrogen and oxygen atoms in total. The molecule has 0 rings (SSSR count). The monoisotopic (exact) mass is 175 g/mol. The predicted octanol–water partition coefficient (Wildman–Crippen LogP) is 1.16. The van der Waals surface area contributed by atoms with Crippen LogP contribution in [0.2, 0.25) is 0 Å². The Labute approximate surface area is 68.7 Å². The second-order valence-electron chi connectivity index (χ2n) is 2.13. The summed E-state index contributed by atoms with van der Waals surface area (Å²) in [6, 6.07) is 0. The van der Waals surface area contributed by atoms with Crippen LogP contribution >= 0.6 is 0 Å². The molecule has 1 unspecified atom stereocenters. The molecule has 0 aliphatic rings. The Morgan fingerprint density at radius 1 is 1.73 bits per heavy atom. The Bertz CT molecular complexity index is 216. The van der Waals surface area contributed by atoms with E-state index in [9.17, 15) is 9.00 Å². The van der Waals surface area contributed by atoms with Gasteiger partial charge in [-0.15, -0.1) is 6.58 Å². The summed E-state index contributed by atoms with van der Waals surface area (Å²) in [6.07, 6.45) is 3.38. The summed E-state index contributed by atoms with van der Waals surface area (Å²) in [4.78, 5) is 10.3. The molecule has 0 saturated heterocycles. The van der Waals surface area contributed by atoms with E-state index < -0.39 is 10.6 Å². The number of hydrogen-bond donors (Lipinski definition) is 1. The zero-order chi connectivity index (χ0) is 8.69. The maximum absolute atomic E-state index is 10.9. The van der Waals surface area contributed by atoms with Crippen LogP contribution in [0.15, 0.2) is 17.0 Å². The van der Waals surface area contributed by atoms with Crippen molar-refractivity contribution in [3.05, 3.63) is 12.7 Å². The summed E-state index contributed by atoms with van der Waals surface area (Å²) in [7, 11) is -1.65. The van der Waals surface area contributed by atoms with Gasteiger partial charge in [-0.3, -0.25) is 9.00 Å². The van der Waals surface area contributed by atoms with Gasteiger partial charge in [0.15, 0.2) is 0 Å². The van der Waals surface area contributed by atoms with Crippen LogP contribution in [0.5, 0.6) is 0 Å². The molecule has 0 bridgehead atoms. The molecule has 0 aromatic rings. The van der Waals surface area contributed by atoms with Crippen LogP contribution in [0.3, 0.4) is 0 Å². The van der Waals surface area contributed by atoms with Gasteiger partial charge in [0.25, 0.3) is 0 Å². The molecule has 0 aromatic heterocycles. The van der Waals surface area contributed by atoms with Crippen molar-refractivity contribution in [2.24, 2.45) is 4.36 Å². The van der Waals surface area contributed by atoms with E-state index in [1.807, 2.05) is 0 Å². The molecule has 1 atom stereocenters. The molecular formula is C7H13NO2S. The van der Waals surface area contributed by atoms with Crippen molar-refractivity contribution < 1.29 is 9.00 Å². The van der Waals surface area contributed by atoms with Crippen molar-refractivity contribution in [2.45, 2.75) is 19.8 Å². The highest BCUT2D eigenvalue weighted by Crippen LogP contribution is 1.90. The number of allylic oxidation sites excluding steroid dienone is 1. The van der Waals surface area contributed by atoms with Gasteiger partial charge in [-0.2, -0.15) is 4.36 Å². The molecule has 0 heterocycles. The highest BCUT2D eigenvalue weighted by molar-refractivity contribution is 7.75. The number of amides is 1. The summed E-state index contributed by atoms with van der Waals surface area (Å²) >= 11 is 0.